The SMILES string of the molecule is Cc1ccc(-c2cncc(C(=O)NC3CCCCCC3)c2)cc1. The quantitative estimate of drug-likeness (QED) is 0.848. The summed E-state index contributed by atoms with van der Waals surface area (Å²) in [4.78, 5) is 16.8. The lowest BCUT2D eigenvalue weighted by Crippen LogP contribution is -2.34. The van der Waals surface area contributed by atoms with Crippen LogP contribution in [0.25, 0.3) is 11.1 Å². The van der Waals surface area contributed by atoms with Gasteiger partial charge in [0.05, 0.1) is 5.56 Å². The lowest BCUT2D eigenvalue weighted by atomic mass is 10.0. The van der Waals surface area contributed by atoms with Crippen molar-refractivity contribution in [2.75, 3.05) is 0 Å². The molecule has 1 amide bonds. The summed E-state index contributed by atoms with van der Waals surface area (Å²) >= 11 is 0. The van der Waals surface area contributed by atoms with E-state index in [-0.39, 0.29) is 5.91 Å². The van der Waals surface area contributed by atoms with Crippen LogP contribution in [-0.4, -0.2) is 16.9 Å². The van der Waals surface area contributed by atoms with E-state index in [1.54, 1.807) is 6.20 Å². The Morgan fingerprint density at radius 1 is 1.00 bits per heavy atom. The molecule has 0 radical (unpaired) electrons. The zero-order chi connectivity index (χ0) is 16.1. The molecule has 0 atom stereocenters. The van der Waals surface area contributed by atoms with Crippen molar-refractivity contribution in [2.24, 2.45) is 0 Å². The number of carbonyl (C=O) groups is 1. The first-order valence-corrected chi connectivity index (χ1v) is 8.55. The number of benzene rings is 1. The molecule has 1 fully saturated rings. The number of aromatic nitrogens is 1. The molecule has 1 aliphatic rings. The fourth-order valence-corrected chi connectivity index (χ4v) is 3.16. The highest BCUT2D eigenvalue weighted by molar-refractivity contribution is 5.95. The zero-order valence-corrected chi connectivity index (χ0v) is 13.7. The van der Waals surface area contributed by atoms with Gasteiger partial charge in [0.25, 0.3) is 5.91 Å². The highest BCUT2D eigenvalue weighted by atomic mass is 16.1. The standard InChI is InChI=1S/C20H24N2O/c1-15-8-10-16(11-9-15)17-12-18(14-21-13-17)20(23)22-19-6-4-2-3-5-7-19/h8-14,19H,2-7H2,1H3,(H,22,23). The van der Waals surface area contributed by atoms with Gasteiger partial charge in [0.2, 0.25) is 0 Å². The Bertz CT molecular complexity index is 656. The topological polar surface area (TPSA) is 42.0 Å². The van der Waals surface area contributed by atoms with Crippen LogP contribution in [0.5, 0.6) is 0 Å². The second-order valence-corrected chi connectivity index (χ2v) is 6.49. The molecule has 1 heterocycles. The predicted octanol–water partition coefficient (Wildman–Crippen LogP) is 4.51. The summed E-state index contributed by atoms with van der Waals surface area (Å²) in [6.45, 7) is 2.07. The minimum Gasteiger partial charge on any atom is -0.349 e. The van der Waals surface area contributed by atoms with E-state index >= 15 is 0 Å². The largest absolute Gasteiger partial charge is 0.349 e. The smallest absolute Gasteiger partial charge is 0.253 e. The molecule has 0 saturated heterocycles. The van der Waals surface area contributed by atoms with Gasteiger partial charge in [-0.2, -0.15) is 0 Å². The van der Waals surface area contributed by atoms with Crippen molar-refractivity contribution >= 4 is 5.91 Å². The fraction of sp³-hybridized carbons (Fsp3) is 0.400. The fourth-order valence-electron chi connectivity index (χ4n) is 3.16. The molecular weight excluding hydrogens is 284 g/mol. The Hall–Kier alpha value is -2.16. The molecule has 23 heavy (non-hydrogen) atoms. The van der Waals surface area contributed by atoms with Gasteiger partial charge in [0.15, 0.2) is 0 Å². The summed E-state index contributed by atoms with van der Waals surface area (Å²) in [7, 11) is 0. The van der Waals surface area contributed by atoms with Gasteiger partial charge in [0.1, 0.15) is 0 Å². The van der Waals surface area contributed by atoms with E-state index in [2.05, 4.69) is 41.5 Å². The first kappa shape index (κ1) is 15.7. The van der Waals surface area contributed by atoms with Gasteiger partial charge in [-0.3, -0.25) is 9.78 Å². The first-order valence-electron chi connectivity index (χ1n) is 8.55. The summed E-state index contributed by atoms with van der Waals surface area (Å²) in [6.07, 6.45) is 10.7. The molecular formula is C20H24N2O. The minimum atomic E-state index is -0.00152. The lowest BCUT2D eigenvalue weighted by molar-refractivity contribution is 0.0933. The maximum atomic E-state index is 12.5. The third kappa shape index (κ3) is 4.19. The van der Waals surface area contributed by atoms with Crippen LogP contribution in [0.3, 0.4) is 0 Å². The van der Waals surface area contributed by atoms with Crippen LogP contribution in [0.1, 0.15) is 54.4 Å². The number of rotatable bonds is 3. The number of carbonyl (C=O) groups excluding carboxylic acids is 1. The molecule has 0 spiro atoms. The van der Waals surface area contributed by atoms with Gasteiger partial charge in [-0.1, -0.05) is 55.5 Å². The van der Waals surface area contributed by atoms with Crippen LogP contribution >= 0.6 is 0 Å². The normalized spacial score (nSPS) is 15.9. The molecule has 3 heteroatoms. The van der Waals surface area contributed by atoms with E-state index in [0.717, 1.165) is 24.0 Å². The Balaban J connectivity index is 1.73. The molecule has 3 nitrogen and oxygen atoms in total. The summed E-state index contributed by atoms with van der Waals surface area (Å²) in [5.41, 5.74) is 3.95. The van der Waals surface area contributed by atoms with E-state index in [1.807, 2.05) is 12.3 Å². The van der Waals surface area contributed by atoms with Gasteiger partial charge in [-0.25, -0.2) is 0 Å². The summed E-state index contributed by atoms with van der Waals surface area (Å²) in [5.74, 6) is -0.00152. The zero-order valence-electron chi connectivity index (χ0n) is 13.7. The van der Waals surface area contributed by atoms with Crippen molar-refractivity contribution < 1.29 is 4.79 Å². The van der Waals surface area contributed by atoms with Crippen molar-refractivity contribution in [2.45, 2.75) is 51.5 Å². The molecule has 3 rings (SSSR count). The monoisotopic (exact) mass is 308 g/mol. The Labute approximate surface area is 138 Å². The van der Waals surface area contributed by atoms with Crippen molar-refractivity contribution in [3.8, 4) is 11.1 Å². The second-order valence-electron chi connectivity index (χ2n) is 6.49. The summed E-state index contributed by atoms with van der Waals surface area (Å²) in [6, 6.07) is 10.5. The molecule has 0 aliphatic heterocycles. The van der Waals surface area contributed by atoms with E-state index in [1.165, 1.54) is 31.2 Å². The second kappa shape index (κ2) is 7.40. The molecule has 1 aliphatic carbocycles. The Kier molecular flexibility index (Phi) is 5.06. The van der Waals surface area contributed by atoms with E-state index in [4.69, 9.17) is 0 Å². The van der Waals surface area contributed by atoms with Crippen molar-refractivity contribution in [1.82, 2.24) is 10.3 Å². The number of hydrogen-bond acceptors (Lipinski definition) is 2. The molecule has 120 valence electrons. The number of nitrogens with zero attached hydrogens (tertiary/aromatic N) is 1. The maximum Gasteiger partial charge on any atom is 0.253 e. The van der Waals surface area contributed by atoms with E-state index in [9.17, 15) is 4.79 Å². The van der Waals surface area contributed by atoms with E-state index in [0.29, 0.717) is 11.6 Å². The van der Waals surface area contributed by atoms with Gasteiger partial charge < -0.3 is 5.32 Å². The molecule has 1 N–H and O–H groups in total. The highest BCUT2D eigenvalue weighted by Crippen LogP contribution is 2.21. The summed E-state index contributed by atoms with van der Waals surface area (Å²) in [5, 5.41) is 3.18. The van der Waals surface area contributed by atoms with Crippen molar-refractivity contribution in [3.63, 3.8) is 0 Å². The van der Waals surface area contributed by atoms with Crippen LogP contribution in [0.4, 0.5) is 0 Å². The molecule has 1 saturated carbocycles. The Morgan fingerprint density at radius 3 is 2.39 bits per heavy atom. The third-order valence-electron chi connectivity index (χ3n) is 4.58. The maximum absolute atomic E-state index is 12.5. The number of nitrogens with one attached hydrogen (secondary N) is 1. The average molecular weight is 308 g/mol. The number of pyridine rings is 1. The van der Waals surface area contributed by atoms with Crippen LogP contribution in [0.2, 0.25) is 0 Å². The van der Waals surface area contributed by atoms with Gasteiger partial charge in [-0.05, 0) is 31.4 Å². The van der Waals surface area contributed by atoms with Crippen LogP contribution in [0.15, 0.2) is 42.7 Å². The molecule has 1 aromatic carbocycles. The van der Waals surface area contributed by atoms with Crippen LogP contribution < -0.4 is 5.32 Å². The van der Waals surface area contributed by atoms with Crippen molar-refractivity contribution in [1.29, 1.82) is 0 Å². The highest BCUT2D eigenvalue weighted by Gasteiger charge is 2.16. The van der Waals surface area contributed by atoms with Crippen LogP contribution in [0, 0.1) is 6.92 Å². The van der Waals surface area contributed by atoms with Crippen LogP contribution in [-0.2, 0) is 0 Å². The number of amides is 1. The molecule has 0 unspecified atom stereocenters. The number of hydrogen-bond donors (Lipinski definition) is 1. The van der Waals surface area contributed by atoms with Gasteiger partial charge in [-0.15, -0.1) is 0 Å². The average Bonchev–Trinajstić information content (AvgIpc) is 2.84. The van der Waals surface area contributed by atoms with E-state index < -0.39 is 0 Å². The van der Waals surface area contributed by atoms with Gasteiger partial charge in [0, 0.05) is 24.0 Å². The Morgan fingerprint density at radius 2 is 1.70 bits per heavy atom. The molecule has 2 aromatic rings. The number of aryl methyl sites for hydroxylation is 1. The molecule has 0 bridgehead atoms. The van der Waals surface area contributed by atoms with Crippen molar-refractivity contribution in [3.05, 3.63) is 53.9 Å². The lowest BCUT2D eigenvalue weighted by Gasteiger charge is -2.16. The van der Waals surface area contributed by atoms with Gasteiger partial charge >= 0.3 is 0 Å². The minimum absolute atomic E-state index is 0.00152. The third-order valence-corrected chi connectivity index (χ3v) is 4.58. The predicted molar refractivity (Wildman–Crippen MR) is 93.4 cm³/mol. The first-order chi connectivity index (χ1) is 11.2. The summed E-state index contributed by atoms with van der Waals surface area (Å²) < 4.78 is 0. The molecule has 1 aromatic heterocycles.